The SMILES string of the molecule is COc1cc(/C=N\NC(=O)CSc2ccc(Cl)cc2)cc(I)c1OCC(=O)Nc1ccccc1. The van der Waals surface area contributed by atoms with Crippen molar-refractivity contribution in [3.05, 3.63) is 80.9 Å². The second kappa shape index (κ2) is 13.2. The van der Waals surface area contributed by atoms with E-state index in [9.17, 15) is 9.59 Å². The molecule has 3 rings (SSSR count). The molecule has 176 valence electrons. The van der Waals surface area contributed by atoms with Gasteiger partial charge in [0.2, 0.25) is 5.91 Å². The lowest BCUT2D eigenvalue weighted by molar-refractivity contribution is -0.119. The van der Waals surface area contributed by atoms with Crippen LogP contribution < -0.4 is 20.2 Å². The zero-order valence-electron chi connectivity index (χ0n) is 18.1. The number of benzene rings is 3. The molecular weight excluding hydrogens is 589 g/mol. The summed E-state index contributed by atoms with van der Waals surface area (Å²) in [7, 11) is 1.51. The van der Waals surface area contributed by atoms with Crippen LogP contribution in [0.5, 0.6) is 11.5 Å². The van der Waals surface area contributed by atoms with Gasteiger partial charge >= 0.3 is 0 Å². The predicted octanol–water partition coefficient (Wildman–Crippen LogP) is 5.21. The molecule has 0 bridgehead atoms. The Kier molecular flexibility index (Phi) is 10.0. The van der Waals surface area contributed by atoms with Crippen LogP contribution in [0.15, 0.2) is 76.7 Å². The summed E-state index contributed by atoms with van der Waals surface area (Å²) >= 11 is 9.34. The van der Waals surface area contributed by atoms with Crippen LogP contribution in [-0.2, 0) is 9.59 Å². The highest BCUT2D eigenvalue weighted by Crippen LogP contribution is 2.33. The molecule has 0 spiro atoms. The number of halogens is 2. The van der Waals surface area contributed by atoms with Crippen molar-refractivity contribution in [1.29, 1.82) is 0 Å². The van der Waals surface area contributed by atoms with E-state index in [0.29, 0.717) is 27.8 Å². The van der Waals surface area contributed by atoms with Gasteiger partial charge in [-0.25, -0.2) is 5.43 Å². The molecule has 0 aromatic heterocycles. The number of hydrogen-bond donors (Lipinski definition) is 2. The molecule has 34 heavy (non-hydrogen) atoms. The van der Waals surface area contributed by atoms with Gasteiger partial charge in [-0.15, -0.1) is 11.8 Å². The van der Waals surface area contributed by atoms with E-state index in [1.165, 1.54) is 25.1 Å². The highest BCUT2D eigenvalue weighted by molar-refractivity contribution is 14.1. The first kappa shape index (κ1) is 25.9. The molecule has 0 saturated heterocycles. The van der Waals surface area contributed by atoms with Crippen LogP contribution in [0.4, 0.5) is 5.69 Å². The van der Waals surface area contributed by atoms with Crippen LogP contribution in [0.1, 0.15) is 5.56 Å². The number of hydrazone groups is 1. The Balaban J connectivity index is 1.53. The van der Waals surface area contributed by atoms with Gasteiger partial charge in [-0.1, -0.05) is 29.8 Å². The smallest absolute Gasteiger partial charge is 0.262 e. The van der Waals surface area contributed by atoms with E-state index >= 15 is 0 Å². The van der Waals surface area contributed by atoms with Crippen molar-refractivity contribution in [3.8, 4) is 11.5 Å². The lowest BCUT2D eigenvalue weighted by Gasteiger charge is -2.13. The Bertz CT molecular complexity index is 1160. The summed E-state index contributed by atoms with van der Waals surface area (Å²) in [5, 5.41) is 7.43. The molecular formula is C24H21ClIN3O4S. The monoisotopic (exact) mass is 609 g/mol. The fraction of sp³-hybridized carbons (Fsp3) is 0.125. The summed E-state index contributed by atoms with van der Waals surface area (Å²) in [4.78, 5) is 25.2. The minimum Gasteiger partial charge on any atom is -0.493 e. The second-order valence-corrected chi connectivity index (χ2v) is 9.42. The molecule has 0 unspecified atom stereocenters. The number of nitrogens with one attached hydrogen (secondary N) is 2. The highest BCUT2D eigenvalue weighted by Gasteiger charge is 2.13. The zero-order valence-corrected chi connectivity index (χ0v) is 21.8. The molecule has 0 heterocycles. The lowest BCUT2D eigenvalue weighted by Crippen LogP contribution is -2.20. The number of hydrogen-bond acceptors (Lipinski definition) is 6. The van der Waals surface area contributed by atoms with Crippen molar-refractivity contribution in [2.75, 3.05) is 24.8 Å². The van der Waals surface area contributed by atoms with E-state index < -0.39 is 0 Å². The Hall–Kier alpha value is -2.76. The molecule has 0 fully saturated rings. The second-order valence-electron chi connectivity index (χ2n) is 6.77. The third kappa shape index (κ3) is 8.23. The first-order valence-electron chi connectivity index (χ1n) is 10.00. The van der Waals surface area contributed by atoms with Crippen molar-refractivity contribution >= 4 is 69.7 Å². The zero-order chi connectivity index (χ0) is 24.3. The fourth-order valence-corrected chi connectivity index (χ4v) is 4.30. The van der Waals surface area contributed by atoms with Crippen LogP contribution >= 0.6 is 46.0 Å². The van der Waals surface area contributed by atoms with Gasteiger partial charge in [0.15, 0.2) is 18.1 Å². The van der Waals surface area contributed by atoms with E-state index in [4.69, 9.17) is 21.1 Å². The van der Waals surface area contributed by atoms with Crippen molar-refractivity contribution in [2.24, 2.45) is 5.10 Å². The number of thioether (sulfide) groups is 1. The number of ether oxygens (including phenoxy) is 2. The quantitative estimate of drug-likeness (QED) is 0.143. The van der Waals surface area contributed by atoms with Gasteiger partial charge in [0.05, 0.1) is 22.6 Å². The van der Waals surface area contributed by atoms with E-state index in [2.05, 4.69) is 38.4 Å². The number of methoxy groups -OCH3 is 1. The third-order valence-corrected chi connectivity index (χ3v) is 6.31. The van der Waals surface area contributed by atoms with Gasteiger partial charge in [0.1, 0.15) is 0 Å². The number of amides is 2. The van der Waals surface area contributed by atoms with Crippen LogP contribution in [0, 0.1) is 3.57 Å². The number of para-hydroxylation sites is 1. The molecule has 3 aromatic rings. The van der Waals surface area contributed by atoms with Gasteiger partial charge in [0, 0.05) is 15.6 Å². The normalized spacial score (nSPS) is 10.7. The van der Waals surface area contributed by atoms with Crippen molar-refractivity contribution in [1.82, 2.24) is 5.43 Å². The highest BCUT2D eigenvalue weighted by atomic mass is 127. The van der Waals surface area contributed by atoms with Gasteiger partial charge in [0.25, 0.3) is 5.91 Å². The summed E-state index contributed by atoms with van der Waals surface area (Å²) in [5.74, 6) is 0.603. The minimum absolute atomic E-state index is 0.171. The Labute approximate surface area is 220 Å². The molecule has 2 amide bonds. The van der Waals surface area contributed by atoms with E-state index in [-0.39, 0.29) is 24.2 Å². The number of carbonyl (C=O) groups is 2. The number of anilines is 1. The van der Waals surface area contributed by atoms with Crippen LogP contribution in [-0.4, -0.2) is 37.5 Å². The molecule has 2 N–H and O–H groups in total. The third-order valence-electron chi connectivity index (χ3n) is 4.24. The number of rotatable bonds is 10. The molecule has 10 heteroatoms. The number of carbonyl (C=O) groups excluding carboxylic acids is 2. The van der Waals surface area contributed by atoms with Crippen LogP contribution in [0.2, 0.25) is 5.02 Å². The molecule has 0 saturated carbocycles. The van der Waals surface area contributed by atoms with Gasteiger partial charge in [-0.2, -0.15) is 5.10 Å². The van der Waals surface area contributed by atoms with Crippen LogP contribution in [0.3, 0.4) is 0 Å². The molecule has 0 atom stereocenters. The molecule has 0 aliphatic heterocycles. The first-order valence-corrected chi connectivity index (χ1v) is 12.4. The largest absolute Gasteiger partial charge is 0.493 e. The Morgan fingerprint density at radius 3 is 2.53 bits per heavy atom. The van der Waals surface area contributed by atoms with Gasteiger partial charge in [-0.3, -0.25) is 9.59 Å². The van der Waals surface area contributed by atoms with Crippen molar-refractivity contribution in [2.45, 2.75) is 4.90 Å². The Morgan fingerprint density at radius 2 is 1.82 bits per heavy atom. The topological polar surface area (TPSA) is 89.0 Å². The molecule has 0 aliphatic rings. The standard InChI is InChI=1S/C24H21ClIN3O4S/c1-32-21-12-16(13-27-29-23(31)15-34-19-9-7-17(25)8-10-19)11-20(26)24(21)33-14-22(30)28-18-5-3-2-4-6-18/h2-13H,14-15H2,1H3,(H,28,30)(H,29,31)/b27-13-. The lowest BCUT2D eigenvalue weighted by atomic mass is 10.2. The maximum absolute atomic E-state index is 12.2. The summed E-state index contributed by atoms with van der Waals surface area (Å²) in [6.07, 6.45) is 1.52. The Morgan fingerprint density at radius 1 is 1.09 bits per heavy atom. The minimum atomic E-state index is -0.283. The number of nitrogens with zero attached hydrogens (tertiary/aromatic N) is 1. The summed E-state index contributed by atoms with van der Waals surface area (Å²) < 4.78 is 11.9. The molecule has 0 radical (unpaired) electrons. The van der Waals surface area contributed by atoms with E-state index in [1.54, 1.807) is 30.3 Å². The van der Waals surface area contributed by atoms with E-state index in [1.807, 2.05) is 36.4 Å². The predicted molar refractivity (Wildman–Crippen MR) is 144 cm³/mol. The van der Waals surface area contributed by atoms with Crippen molar-refractivity contribution < 1.29 is 19.1 Å². The maximum atomic E-state index is 12.2. The summed E-state index contributed by atoms with van der Waals surface area (Å²) in [6, 6.07) is 19.9. The van der Waals surface area contributed by atoms with Crippen molar-refractivity contribution in [3.63, 3.8) is 0 Å². The molecule has 0 aliphatic carbocycles. The van der Waals surface area contributed by atoms with Gasteiger partial charge in [-0.05, 0) is 76.7 Å². The fourth-order valence-electron chi connectivity index (χ4n) is 2.70. The van der Waals surface area contributed by atoms with Gasteiger partial charge < -0.3 is 14.8 Å². The summed E-state index contributed by atoms with van der Waals surface area (Å²) in [5.41, 5.74) is 3.90. The van der Waals surface area contributed by atoms with E-state index in [0.717, 1.165) is 8.47 Å². The molecule has 3 aromatic carbocycles. The average Bonchev–Trinajstić information content (AvgIpc) is 2.83. The maximum Gasteiger partial charge on any atom is 0.262 e. The average molecular weight is 610 g/mol. The first-order chi connectivity index (χ1) is 16.4. The summed E-state index contributed by atoms with van der Waals surface area (Å²) in [6.45, 7) is -0.171. The van der Waals surface area contributed by atoms with Crippen LogP contribution in [0.25, 0.3) is 0 Å². The molecule has 7 nitrogen and oxygen atoms in total.